The minimum absolute atomic E-state index is 0.00953. The van der Waals surface area contributed by atoms with Crippen LogP contribution in [0, 0.1) is 34.0 Å². The van der Waals surface area contributed by atoms with E-state index in [0.717, 1.165) is 19.3 Å². The maximum atomic E-state index is 13.3. The Morgan fingerprint density at radius 2 is 2.04 bits per heavy atom. The fourth-order valence-corrected chi connectivity index (χ4v) is 8.21. The van der Waals surface area contributed by atoms with Crippen LogP contribution in [-0.4, -0.2) is 43.1 Å². The molecule has 0 unspecified atom stereocenters. The van der Waals surface area contributed by atoms with E-state index in [1.807, 2.05) is 0 Å². The van der Waals surface area contributed by atoms with Crippen LogP contribution >= 0.6 is 0 Å². The molecule has 4 aliphatic heterocycles. The van der Waals surface area contributed by atoms with Gasteiger partial charge in [0.25, 0.3) is 0 Å². The first-order chi connectivity index (χ1) is 12.4. The monoisotopic (exact) mass is 358 g/mol. The molecule has 4 saturated heterocycles. The minimum atomic E-state index is -1.12. The SMILES string of the molecule is C=C1C(=O)[C@@]23C[C@H]1C[C@H]1O[C@@H]4O[C@H]5OC[C@]6([C@H](CC[C@]5(C)[C@@H]46)OC2=O)[C@H]13. The minimum Gasteiger partial charge on any atom is -0.461 e. The molecular formula is C20H22O6. The van der Waals surface area contributed by atoms with E-state index in [1.54, 1.807) is 0 Å². The highest BCUT2D eigenvalue weighted by molar-refractivity contribution is 6.15. The van der Waals surface area contributed by atoms with Crippen molar-refractivity contribution in [3.8, 4) is 0 Å². The maximum Gasteiger partial charge on any atom is 0.320 e. The van der Waals surface area contributed by atoms with Crippen molar-refractivity contribution in [1.29, 1.82) is 0 Å². The second-order valence-electron chi connectivity index (χ2n) is 9.79. The zero-order valence-corrected chi connectivity index (χ0v) is 14.7. The van der Waals surface area contributed by atoms with Crippen molar-refractivity contribution >= 4 is 11.8 Å². The third-order valence-electron chi connectivity index (χ3n) is 9.07. The van der Waals surface area contributed by atoms with Crippen molar-refractivity contribution in [2.45, 2.75) is 57.4 Å². The number of ketones is 1. The lowest BCUT2D eigenvalue weighted by Crippen LogP contribution is -2.76. The van der Waals surface area contributed by atoms with Gasteiger partial charge < -0.3 is 18.9 Å². The molecule has 0 N–H and O–H groups in total. The number of hydrogen-bond donors (Lipinski definition) is 0. The van der Waals surface area contributed by atoms with E-state index in [9.17, 15) is 9.59 Å². The quantitative estimate of drug-likeness (QED) is 0.372. The summed E-state index contributed by atoms with van der Waals surface area (Å²) in [5, 5.41) is 0. The molecule has 2 spiro atoms. The maximum absolute atomic E-state index is 13.3. The van der Waals surface area contributed by atoms with Gasteiger partial charge in [0.15, 0.2) is 18.4 Å². The zero-order chi connectivity index (χ0) is 17.6. The summed E-state index contributed by atoms with van der Waals surface area (Å²) in [5.41, 5.74) is -1.07. The Kier molecular flexibility index (Phi) is 2.25. The molecule has 26 heavy (non-hydrogen) atoms. The molecule has 10 atom stereocenters. The van der Waals surface area contributed by atoms with Gasteiger partial charge in [-0.2, -0.15) is 0 Å². The highest BCUT2D eigenvalue weighted by Gasteiger charge is 2.84. The van der Waals surface area contributed by atoms with E-state index in [0.29, 0.717) is 18.6 Å². The Balaban J connectivity index is 1.52. The van der Waals surface area contributed by atoms with Gasteiger partial charge in [0.2, 0.25) is 0 Å². The van der Waals surface area contributed by atoms with E-state index in [-0.39, 0.29) is 65.1 Å². The third kappa shape index (κ3) is 1.18. The summed E-state index contributed by atoms with van der Waals surface area (Å²) in [6.45, 7) is 6.73. The van der Waals surface area contributed by atoms with Crippen LogP contribution in [0.3, 0.4) is 0 Å². The zero-order valence-electron chi connectivity index (χ0n) is 14.7. The lowest BCUT2D eigenvalue weighted by Gasteiger charge is -2.68. The van der Waals surface area contributed by atoms with E-state index in [2.05, 4.69) is 13.5 Å². The Morgan fingerprint density at radius 1 is 1.19 bits per heavy atom. The number of esters is 1. The van der Waals surface area contributed by atoms with Gasteiger partial charge in [-0.15, -0.1) is 0 Å². The number of ether oxygens (including phenoxy) is 4. The molecule has 6 heteroatoms. The summed E-state index contributed by atoms with van der Waals surface area (Å²) in [5.74, 6) is -0.522. The summed E-state index contributed by atoms with van der Waals surface area (Å²) in [4.78, 5) is 26.5. The van der Waals surface area contributed by atoms with Crippen molar-refractivity contribution in [2.24, 2.45) is 34.0 Å². The average Bonchev–Trinajstić information content (AvgIpc) is 2.94. The van der Waals surface area contributed by atoms with Crippen molar-refractivity contribution in [3.05, 3.63) is 12.2 Å². The Morgan fingerprint density at radius 3 is 2.88 bits per heavy atom. The normalized spacial score (nSPS) is 63.7. The second kappa shape index (κ2) is 3.96. The number of carbonyl (C=O) groups excluding carboxylic acids is 2. The van der Waals surface area contributed by atoms with Crippen LogP contribution < -0.4 is 0 Å². The van der Waals surface area contributed by atoms with Crippen molar-refractivity contribution in [2.75, 3.05) is 6.61 Å². The molecule has 0 amide bonds. The molecule has 4 heterocycles. The number of hydrogen-bond acceptors (Lipinski definition) is 6. The predicted octanol–water partition coefficient (Wildman–Crippen LogP) is 1.58. The average molecular weight is 358 g/mol. The predicted molar refractivity (Wildman–Crippen MR) is 85.4 cm³/mol. The summed E-state index contributed by atoms with van der Waals surface area (Å²) in [6.07, 6.45) is 2.00. The molecule has 0 aromatic rings. The van der Waals surface area contributed by atoms with E-state index < -0.39 is 5.41 Å². The first-order valence-electron chi connectivity index (χ1n) is 9.80. The molecule has 0 aromatic heterocycles. The van der Waals surface area contributed by atoms with Crippen LogP contribution in [0.4, 0.5) is 0 Å². The highest BCUT2D eigenvalue weighted by atomic mass is 16.8. The largest absolute Gasteiger partial charge is 0.461 e. The molecule has 0 radical (unpaired) electrons. The third-order valence-corrected chi connectivity index (χ3v) is 9.07. The second-order valence-corrected chi connectivity index (χ2v) is 9.79. The van der Waals surface area contributed by atoms with Gasteiger partial charge in [0.1, 0.15) is 11.5 Å². The van der Waals surface area contributed by atoms with E-state index in [4.69, 9.17) is 18.9 Å². The molecule has 7 rings (SSSR count). The van der Waals surface area contributed by atoms with Crippen LogP contribution in [0.1, 0.15) is 32.6 Å². The molecular weight excluding hydrogens is 336 g/mol. The Bertz CT molecular complexity index is 806. The number of allylic oxidation sites excluding steroid dienone is 1. The van der Waals surface area contributed by atoms with Crippen molar-refractivity contribution in [3.63, 3.8) is 0 Å². The lowest BCUT2D eigenvalue weighted by molar-refractivity contribution is -0.337. The van der Waals surface area contributed by atoms with E-state index >= 15 is 0 Å². The molecule has 7 aliphatic rings. The van der Waals surface area contributed by atoms with Crippen LogP contribution in [0.2, 0.25) is 0 Å². The topological polar surface area (TPSA) is 71.1 Å². The molecule has 0 aromatic carbocycles. The first-order valence-corrected chi connectivity index (χ1v) is 9.80. The number of fused-ring (bicyclic) bond motifs is 1. The summed E-state index contributed by atoms with van der Waals surface area (Å²) >= 11 is 0. The van der Waals surface area contributed by atoms with Gasteiger partial charge in [-0.25, -0.2) is 0 Å². The first kappa shape index (κ1) is 14.8. The van der Waals surface area contributed by atoms with Crippen LogP contribution in [0.5, 0.6) is 0 Å². The van der Waals surface area contributed by atoms with E-state index in [1.165, 1.54) is 0 Å². The van der Waals surface area contributed by atoms with Crippen LogP contribution in [0.15, 0.2) is 12.2 Å². The Hall–Kier alpha value is -1.24. The fourth-order valence-electron chi connectivity index (χ4n) is 8.21. The van der Waals surface area contributed by atoms with Gasteiger partial charge in [0.05, 0.1) is 12.7 Å². The van der Waals surface area contributed by atoms with Gasteiger partial charge >= 0.3 is 5.97 Å². The van der Waals surface area contributed by atoms with Crippen LogP contribution in [-0.2, 0) is 28.5 Å². The highest BCUT2D eigenvalue weighted by Crippen LogP contribution is 2.76. The van der Waals surface area contributed by atoms with Crippen LogP contribution in [0.25, 0.3) is 0 Å². The standard InChI is InChI=1S/C20H22O6/c1-8-9-5-10-12-19(6-9,14(8)21)16(22)25-11-3-4-18(2)13-15(24-10)26-17(18)23-7-20(11,12)13/h9-13,15,17H,1,3-7H2,2H3/t9-,10-,11+,12-,13-,15-,17-,18-,19+,20+/m1/s1. The molecule has 3 aliphatic carbocycles. The fraction of sp³-hybridized carbons (Fsp3) is 0.800. The van der Waals surface area contributed by atoms with Gasteiger partial charge in [-0.05, 0) is 37.2 Å². The number of Topliss-reactive ketones (excluding diaryl/α,β-unsaturated/α-hetero) is 1. The molecule has 6 nitrogen and oxygen atoms in total. The summed E-state index contributed by atoms with van der Waals surface area (Å²) < 4.78 is 24.9. The molecule has 6 bridgehead atoms. The molecule has 138 valence electrons. The number of rotatable bonds is 0. The molecule has 3 saturated carbocycles. The Labute approximate surface area is 151 Å². The summed E-state index contributed by atoms with van der Waals surface area (Å²) in [6, 6.07) is 0. The number of carbonyl (C=O) groups is 2. The van der Waals surface area contributed by atoms with Crippen molar-refractivity contribution in [1.82, 2.24) is 0 Å². The van der Waals surface area contributed by atoms with Gasteiger partial charge in [-0.1, -0.05) is 13.5 Å². The van der Waals surface area contributed by atoms with Crippen molar-refractivity contribution < 1.29 is 28.5 Å². The lowest BCUT2D eigenvalue weighted by atomic mass is 9.41. The van der Waals surface area contributed by atoms with Gasteiger partial charge in [-0.3, -0.25) is 9.59 Å². The molecule has 7 fully saturated rings. The van der Waals surface area contributed by atoms with Gasteiger partial charge in [0, 0.05) is 22.7 Å². The smallest absolute Gasteiger partial charge is 0.320 e. The summed E-state index contributed by atoms with van der Waals surface area (Å²) in [7, 11) is 0.